The van der Waals surface area contributed by atoms with Crippen LogP contribution >= 0.6 is 0 Å². The lowest BCUT2D eigenvalue weighted by molar-refractivity contribution is 0.248. The van der Waals surface area contributed by atoms with E-state index in [-0.39, 0.29) is 18.0 Å². The quantitative estimate of drug-likeness (QED) is 0.580. The molecule has 0 saturated carbocycles. The van der Waals surface area contributed by atoms with Gasteiger partial charge in [0, 0.05) is 17.3 Å². The average molecular weight is 357 g/mol. The summed E-state index contributed by atoms with van der Waals surface area (Å²) in [5, 5.41) is 23.0. The number of furan rings is 1. The van der Waals surface area contributed by atoms with Crippen LogP contribution in [0.5, 0.6) is 0 Å². The monoisotopic (exact) mass is 357 g/mol. The van der Waals surface area contributed by atoms with E-state index in [9.17, 15) is 10.4 Å². The maximum atomic E-state index is 9.46. The average Bonchev–Trinajstić information content (AvgIpc) is 3.38. The van der Waals surface area contributed by atoms with E-state index in [4.69, 9.17) is 10.2 Å². The van der Waals surface area contributed by atoms with E-state index in [1.165, 1.54) is 0 Å². The van der Waals surface area contributed by atoms with Crippen LogP contribution in [0.3, 0.4) is 0 Å². The maximum absolute atomic E-state index is 9.46. The van der Waals surface area contributed by atoms with Crippen molar-refractivity contribution < 1.29 is 9.52 Å². The Morgan fingerprint density at radius 3 is 2.70 bits per heavy atom. The van der Waals surface area contributed by atoms with Gasteiger partial charge in [-0.2, -0.15) is 10.4 Å². The van der Waals surface area contributed by atoms with Crippen molar-refractivity contribution in [2.24, 2.45) is 0 Å². The number of pyridine rings is 1. The Labute approximate surface area is 154 Å². The standard InChI is InChI=1S/C20H15N5O2/c21-9-17-16(19-7-6-15(12-26)27-19)8-18(24-20(17)22)13-10-23-25(11-13)14-4-2-1-3-5-14/h1-8,10-11,26H,12H2,(H2,22,24). The minimum Gasteiger partial charge on any atom is -0.459 e. The number of nitrogens with two attached hydrogens (primary N) is 1. The molecule has 1 aromatic carbocycles. The van der Waals surface area contributed by atoms with Crippen LogP contribution in [-0.2, 0) is 6.61 Å². The Morgan fingerprint density at radius 1 is 1.19 bits per heavy atom. The van der Waals surface area contributed by atoms with Crippen LogP contribution in [0.25, 0.3) is 28.3 Å². The summed E-state index contributed by atoms with van der Waals surface area (Å²) < 4.78 is 7.31. The molecule has 7 nitrogen and oxygen atoms in total. The summed E-state index contributed by atoms with van der Waals surface area (Å²) in [6, 6.07) is 16.8. The first kappa shape index (κ1) is 16.6. The first-order valence-electron chi connectivity index (χ1n) is 8.20. The van der Waals surface area contributed by atoms with Crippen LogP contribution in [0.4, 0.5) is 5.82 Å². The van der Waals surface area contributed by atoms with Crippen molar-refractivity contribution in [3.8, 4) is 34.3 Å². The first-order chi connectivity index (χ1) is 13.2. The van der Waals surface area contributed by atoms with Gasteiger partial charge in [-0.15, -0.1) is 0 Å². The second-order valence-electron chi connectivity index (χ2n) is 5.86. The molecule has 3 aromatic heterocycles. The van der Waals surface area contributed by atoms with Crippen LogP contribution in [0.2, 0.25) is 0 Å². The van der Waals surface area contributed by atoms with Crippen LogP contribution in [0.1, 0.15) is 11.3 Å². The molecule has 0 bridgehead atoms. The highest BCUT2D eigenvalue weighted by Crippen LogP contribution is 2.32. The largest absolute Gasteiger partial charge is 0.459 e. The number of aromatic nitrogens is 3. The summed E-state index contributed by atoms with van der Waals surface area (Å²) >= 11 is 0. The highest BCUT2D eigenvalue weighted by Gasteiger charge is 2.17. The van der Waals surface area contributed by atoms with E-state index in [0.29, 0.717) is 22.8 Å². The van der Waals surface area contributed by atoms with Crippen molar-refractivity contribution in [2.75, 3.05) is 5.73 Å². The zero-order chi connectivity index (χ0) is 18.8. The third-order valence-electron chi connectivity index (χ3n) is 4.14. The van der Waals surface area contributed by atoms with Gasteiger partial charge in [0.1, 0.15) is 35.6 Å². The van der Waals surface area contributed by atoms with Crippen LogP contribution < -0.4 is 5.73 Å². The summed E-state index contributed by atoms with van der Waals surface area (Å²) in [6.07, 6.45) is 3.53. The molecule has 7 heteroatoms. The number of aliphatic hydroxyl groups excluding tert-OH is 1. The smallest absolute Gasteiger partial charge is 0.142 e. The Kier molecular flexibility index (Phi) is 4.16. The number of hydrogen-bond acceptors (Lipinski definition) is 6. The predicted molar refractivity (Wildman–Crippen MR) is 99.5 cm³/mol. The molecule has 0 aliphatic carbocycles. The number of anilines is 1. The van der Waals surface area contributed by atoms with Crippen LogP contribution in [-0.4, -0.2) is 19.9 Å². The van der Waals surface area contributed by atoms with Crippen molar-refractivity contribution in [3.05, 3.63) is 72.2 Å². The lowest BCUT2D eigenvalue weighted by atomic mass is 10.0. The van der Waals surface area contributed by atoms with Gasteiger partial charge in [-0.25, -0.2) is 9.67 Å². The van der Waals surface area contributed by atoms with Gasteiger partial charge in [0.2, 0.25) is 0 Å². The number of nitrogen functional groups attached to an aromatic ring is 1. The topological polar surface area (TPSA) is 114 Å². The lowest BCUT2D eigenvalue weighted by Crippen LogP contribution is -1.99. The second-order valence-corrected chi connectivity index (χ2v) is 5.86. The SMILES string of the molecule is N#Cc1c(-c2ccc(CO)o2)cc(-c2cnn(-c3ccccc3)c2)nc1N. The normalized spacial score (nSPS) is 10.7. The molecule has 27 heavy (non-hydrogen) atoms. The van der Waals surface area contributed by atoms with Crippen LogP contribution in [0.15, 0.2) is 65.3 Å². The molecule has 0 radical (unpaired) electrons. The molecule has 0 saturated heterocycles. The van der Waals surface area contributed by atoms with E-state index in [1.54, 1.807) is 29.1 Å². The van der Waals surface area contributed by atoms with Crippen molar-refractivity contribution in [1.82, 2.24) is 14.8 Å². The van der Waals surface area contributed by atoms with Gasteiger partial charge in [-0.3, -0.25) is 0 Å². The summed E-state index contributed by atoms with van der Waals surface area (Å²) in [5.74, 6) is 0.962. The minimum atomic E-state index is -0.223. The Balaban J connectivity index is 1.81. The minimum absolute atomic E-state index is 0.111. The number of aliphatic hydroxyl groups is 1. The molecule has 0 amide bonds. The summed E-state index contributed by atoms with van der Waals surface area (Å²) in [6.45, 7) is -0.223. The van der Waals surface area contributed by atoms with Gasteiger partial charge in [0.05, 0.1) is 17.6 Å². The molecule has 3 heterocycles. The molecule has 0 aliphatic heterocycles. The Bertz CT molecular complexity index is 1140. The van der Waals surface area contributed by atoms with Gasteiger partial charge in [-0.1, -0.05) is 18.2 Å². The van der Waals surface area contributed by atoms with Gasteiger partial charge in [-0.05, 0) is 30.3 Å². The van der Waals surface area contributed by atoms with Gasteiger partial charge in [0.15, 0.2) is 0 Å². The summed E-state index contributed by atoms with van der Waals surface area (Å²) in [4.78, 5) is 4.35. The van der Waals surface area contributed by atoms with Gasteiger partial charge < -0.3 is 15.3 Å². The fraction of sp³-hybridized carbons (Fsp3) is 0.0500. The molecule has 0 fully saturated rings. The number of rotatable bonds is 4. The zero-order valence-electron chi connectivity index (χ0n) is 14.2. The van der Waals surface area contributed by atoms with Crippen molar-refractivity contribution >= 4 is 5.82 Å². The molecule has 0 aliphatic rings. The molecule has 3 N–H and O–H groups in total. The van der Waals surface area contributed by atoms with E-state index in [2.05, 4.69) is 16.2 Å². The second kappa shape index (κ2) is 6.78. The first-order valence-corrected chi connectivity index (χ1v) is 8.20. The van der Waals surface area contributed by atoms with E-state index in [0.717, 1.165) is 11.3 Å². The summed E-state index contributed by atoms with van der Waals surface area (Å²) in [7, 11) is 0. The van der Waals surface area contributed by atoms with Gasteiger partial charge >= 0.3 is 0 Å². The Hall–Kier alpha value is -3.89. The molecule has 4 rings (SSSR count). The van der Waals surface area contributed by atoms with Crippen molar-refractivity contribution in [3.63, 3.8) is 0 Å². The van der Waals surface area contributed by atoms with E-state index < -0.39 is 0 Å². The van der Waals surface area contributed by atoms with E-state index >= 15 is 0 Å². The highest BCUT2D eigenvalue weighted by molar-refractivity contribution is 5.77. The zero-order valence-corrected chi connectivity index (χ0v) is 14.2. The lowest BCUT2D eigenvalue weighted by Gasteiger charge is -2.07. The number of hydrogen-bond donors (Lipinski definition) is 2. The van der Waals surface area contributed by atoms with Gasteiger partial charge in [0.25, 0.3) is 0 Å². The number of nitriles is 1. The molecule has 0 unspecified atom stereocenters. The molecule has 0 atom stereocenters. The Morgan fingerprint density at radius 2 is 2.00 bits per heavy atom. The fourth-order valence-corrected chi connectivity index (χ4v) is 2.81. The third kappa shape index (κ3) is 3.05. The third-order valence-corrected chi connectivity index (χ3v) is 4.14. The number of nitrogens with zero attached hydrogens (tertiary/aromatic N) is 4. The summed E-state index contributed by atoms with van der Waals surface area (Å²) in [5.41, 5.74) is 9.01. The van der Waals surface area contributed by atoms with E-state index in [1.807, 2.05) is 36.5 Å². The highest BCUT2D eigenvalue weighted by atomic mass is 16.4. The molecular weight excluding hydrogens is 342 g/mol. The van der Waals surface area contributed by atoms with Crippen molar-refractivity contribution in [2.45, 2.75) is 6.61 Å². The molecule has 4 aromatic rings. The number of para-hydroxylation sites is 1. The maximum Gasteiger partial charge on any atom is 0.142 e. The van der Waals surface area contributed by atoms with Crippen molar-refractivity contribution in [1.29, 1.82) is 5.26 Å². The van der Waals surface area contributed by atoms with Crippen LogP contribution in [0, 0.1) is 11.3 Å². The predicted octanol–water partition coefficient (Wildman–Crippen LogP) is 3.14. The fourth-order valence-electron chi connectivity index (χ4n) is 2.81. The molecule has 132 valence electrons. The number of benzene rings is 1. The molecule has 0 spiro atoms. The molecular formula is C20H15N5O2.